The quantitative estimate of drug-likeness (QED) is 0.763. The van der Waals surface area contributed by atoms with E-state index in [0.717, 1.165) is 25.8 Å². The Hall–Kier alpha value is -2.26. The fourth-order valence-electron chi connectivity index (χ4n) is 3.51. The van der Waals surface area contributed by atoms with Crippen LogP contribution in [0, 0.1) is 11.3 Å². The second-order valence-corrected chi connectivity index (χ2v) is 7.26. The van der Waals surface area contributed by atoms with E-state index < -0.39 is 6.10 Å². The molecular weight excluding hydrogens is 364 g/mol. The normalized spacial score (nSPS) is 18.2. The van der Waals surface area contributed by atoms with Crippen LogP contribution in [-0.4, -0.2) is 47.0 Å². The SMILES string of the molecule is N#Cc1c(Cl)cccc1OC[C@H](O)CN1CCC[C@H]1Cc1ccc(O)cc1. The van der Waals surface area contributed by atoms with Crippen LogP contribution in [0.15, 0.2) is 42.5 Å². The Morgan fingerprint density at radius 1 is 1.26 bits per heavy atom. The van der Waals surface area contributed by atoms with E-state index in [9.17, 15) is 15.5 Å². The molecule has 1 aliphatic heterocycles. The van der Waals surface area contributed by atoms with E-state index in [-0.39, 0.29) is 17.9 Å². The Labute approximate surface area is 164 Å². The van der Waals surface area contributed by atoms with Crippen LogP contribution in [0.5, 0.6) is 11.5 Å². The fourth-order valence-corrected chi connectivity index (χ4v) is 3.72. The van der Waals surface area contributed by atoms with E-state index >= 15 is 0 Å². The Kier molecular flexibility index (Phi) is 6.57. The molecule has 0 aliphatic carbocycles. The van der Waals surface area contributed by atoms with Gasteiger partial charge in [-0.15, -0.1) is 0 Å². The average Bonchev–Trinajstić information content (AvgIpc) is 3.08. The number of hydrogen-bond donors (Lipinski definition) is 2. The monoisotopic (exact) mass is 386 g/mol. The number of aliphatic hydroxyl groups is 1. The Morgan fingerprint density at radius 2 is 2.04 bits per heavy atom. The first-order valence-electron chi connectivity index (χ1n) is 9.08. The molecule has 2 N–H and O–H groups in total. The summed E-state index contributed by atoms with van der Waals surface area (Å²) in [6.45, 7) is 1.57. The van der Waals surface area contributed by atoms with Crippen molar-refractivity contribution < 1.29 is 14.9 Å². The standard InChI is InChI=1S/C21H23ClN2O3/c22-20-4-1-5-21(19(20)12-23)27-14-18(26)13-24-10-2-3-16(24)11-15-6-8-17(25)9-7-15/h1,4-9,16,18,25-26H,2-3,10-11,13-14H2/t16-,18+/m0/s1. The zero-order chi connectivity index (χ0) is 19.2. The molecule has 0 spiro atoms. The van der Waals surface area contributed by atoms with Gasteiger partial charge in [0.2, 0.25) is 0 Å². The van der Waals surface area contributed by atoms with Crippen molar-refractivity contribution in [3.05, 3.63) is 58.6 Å². The number of hydrogen-bond acceptors (Lipinski definition) is 5. The van der Waals surface area contributed by atoms with E-state index in [1.54, 1.807) is 30.3 Å². The second kappa shape index (κ2) is 9.09. The van der Waals surface area contributed by atoms with Gasteiger partial charge in [-0.3, -0.25) is 4.90 Å². The maximum Gasteiger partial charge on any atom is 0.138 e. The summed E-state index contributed by atoms with van der Waals surface area (Å²) in [5.74, 6) is 0.665. The summed E-state index contributed by atoms with van der Waals surface area (Å²) in [6.07, 6.45) is 2.42. The summed E-state index contributed by atoms with van der Waals surface area (Å²) < 4.78 is 5.64. The molecule has 2 atom stereocenters. The number of phenolic OH excluding ortho intramolecular Hbond substituents is 1. The first kappa shape index (κ1) is 19.5. The molecule has 1 saturated heterocycles. The molecule has 5 nitrogen and oxygen atoms in total. The lowest BCUT2D eigenvalue weighted by Gasteiger charge is -2.27. The van der Waals surface area contributed by atoms with Gasteiger partial charge >= 0.3 is 0 Å². The van der Waals surface area contributed by atoms with Crippen molar-refractivity contribution in [2.45, 2.75) is 31.4 Å². The highest BCUT2D eigenvalue weighted by atomic mass is 35.5. The van der Waals surface area contributed by atoms with E-state index in [1.807, 2.05) is 18.2 Å². The number of benzene rings is 2. The number of aromatic hydroxyl groups is 1. The molecule has 2 aromatic carbocycles. The van der Waals surface area contributed by atoms with Crippen molar-refractivity contribution in [3.63, 3.8) is 0 Å². The Morgan fingerprint density at radius 3 is 2.78 bits per heavy atom. The zero-order valence-corrected chi connectivity index (χ0v) is 15.8. The predicted molar refractivity (Wildman–Crippen MR) is 104 cm³/mol. The smallest absolute Gasteiger partial charge is 0.138 e. The van der Waals surface area contributed by atoms with Crippen molar-refractivity contribution >= 4 is 11.6 Å². The average molecular weight is 387 g/mol. The van der Waals surface area contributed by atoms with Gasteiger partial charge in [0.25, 0.3) is 0 Å². The third kappa shape index (κ3) is 5.14. The van der Waals surface area contributed by atoms with Crippen LogP contribution in [0.25, 0.3) is 0 Å². The maximum absolute atomic E-state index is 10.4. The van der Waals surface area contributed by atoms with Crippen LogP contribution in [-0.2, 0) is 6.42 Å². The van der Waals surface area contributed by atoms with Gasteiger partial charge in [-0.05, 0) is 55.6 Å². The predicted octanol–water partition coefficient (Wildman–Crippen LogP) is 3.36. The molecule has 1 fully saturated rings. The highest BCUT2D eigenvalue weighted by Crippen LogP contribution is 2.26. The molecule has 0 amide bonds. The van der Waals surface area contributed by atoms with Crippen LogP contribution < -0.4 is 4.74 Å². The minimum absolute atomic E-state index is 0.109. The van der Waals surface area contributed by atoms with Gasteiger partial charge in [-0.2, -0.15) is 5.26 Å². The lowest BCUT2D eigenvalue weighted by atomic mass is 10.0. The van der Waals surface area contributed by atoms with Gasteiger partial charge in [-0.25, -0.2) is 0 Å². The largest absolute Gasteiger partial charge is 0.508 e. The number of β-amino-alcohol motifs (C(OH)–C–C–N with tert-alkyl or cyclic N) is 1. The van der Waals surface area contributed by atoms with Crippen LogP contribution in [0.1, 0.15) is 24.0 Å². The number of nitriles is 1. The van der Waals surface area contributed by atoms with Crippen LogP contribution in [0.3, 0.4) is 0 Å². The van der Waals surface area contributed by atoms with Crippen molar-refractivity contribution in [2.24, 2.45) is 0 Å². The van der Waals surface area contributed by atoms with Crippen LogP contribution in [0.4, 0.5) is 0 Å². The summed E-state index contributed by atoms with van der Waals surface area (Å²) in [7, 11) is 0. The van der Waals surface area contributed by atoms with E-state index in [4.69, 9.17) is 16.3 Å². The minimum atomic E-state index is -0.657. The summed E-state index contributed by atoms with van der Waals surface area (Å²) in [5, 5.41) is 29.3. The summed E-state index contributed by atoms with van der Waals surface area (Å²) in [5.41, 5.74) is 1.46. The number of halogens is 1. The topological polar surface area (TPSA) is 76.7 Å². The van der Waals surface area contributed by atoms with Crippen molar-refractivity contribution in [3.8, 4) is 17.6 Å². The molecule has 0 bridgehead atoms. The fraction of sp³-hybridized carbons (Fsp3) is 0.381. The van der Waals surface area contributed by atoms with Gasteiger partial charge in [0, 0.05) is 12.6 Å². The highest BCUT2D eigenvalue weighted by molar-refractivity contribution is 6.31. The molecule has 0 saturated carbocycles. The number of phenols is 1. The molecule has 27 heavy (non-hydrogen) atoms. The molecule has 2 aromatic rings. The maximum atomic E-state index is 10.4. The number of likely N-dealkylation sites (tertiary alicyclic amines) is 1. The third-order valence-electron chi connectivity index (χ3n) is 4.87. The molecule has 142 valence electrons. The van der Waals surface area contributed by atoms with Crippen molar-refractivity contribution in [2.75, 3.05) is 19.7 Å². The molecular formula is C21H23ClN2O3. The molecule has 6 heteroatoms. The second-order valence-electron chi connectivity index (χ2n) is 6.85. The number of rotatable bonds is 7. The first-order valence-corrected chi connectivity index (χ1v) is 9.46. The van der Waals surface area contributed by atoms with Gasteiger partial charge in [0.05, 0.1) is 5.02 Å². The summed E-state index contributed by atoms with van der Waals surface area (Å²) in [4.78, 5) is 2.28. The molecule has 1 heterocycles. The number of ether oxygens (including phenoxy) is 1. The lowest BCUT2D eigenvalue weighted by molar-refractivity contribution is 0.0639. The van der Waals surface area contributed by atoms with Crippen molar-refractivity contribution in [1.29, 1.82) is 5.26 Å². The molecule has 3 rings (SSSR count). The molecule has 0 unspecified atom stereocenters. The highest BCUT2D eigenvalue weighted by Gasteiger charge is 2.26. The van der Waals surface area contributed by atoms with Crippen LogP contribution in [0.2, 0.25) is 5.02 Å². The van der Waals surface area contributed by atoms with Gasteiger partial charge < -0.3 is 14.9 Å². The Balaban J connectivity index is 1.54. The zero-order valence-electron chi connectivity index (χ0n) is 15.0. The van der Waals surface area contributed by atoms with Gasteiger partial charge in [0.1, 0.15) is 35.8 Å². The first-order chi connectivity index (χ1) is 13.1. The Bertz CT molecular complexity index is 804. The van der Waals surface area contributed by atoms with E-state index in [2.05, 4.69) is 4.90 Å². The molecule has 0 radical (unpaired) electrons. The lowest BCUT2D eigenvalue weighted by Crippen LogP contribution is -2.39. The van der Waals surface area contributed by atoms with E-state index in [1.165, 1.54) is 5.56 Å². The van der Waals surface area contributed by atoms with Gasteiger partial charge in [0.15, 0.2) is 0 Å². The van der Waals surface area contributed by atoms with Crippen LogP contribution >= 0.6 is 11.6 Å². The summed E-state index contributed by atoms with van der Waals surface area (Å²) >= 11 is 6.00. The minimum Gasteiger partial charge on any atom is -0.508 e. The molecule has 0 aromatic heterocycles. The van der Waals surface area contributed by atoms with Crippen molar-refractivity contribution in [1.82, 2.24) is 4.90 Å². The third-order valence-corrected chi connectivity index (χ3v) is 5.19. The number of nitrogens with zero attached hydrogens (tertiary/aromatic N) is 2. The molecule has 1 aliphatic rings. The van der Waals surface area contributed by atoms with Gasteiger partial charge in [-0.1, -0.05) is 29.8 Å². The van der Waals surface area contributed by atoms with E-state index in [0.29, 0.717) is 23.4 Å². The number of aliphatic hydroxyl groups excluding tert-OH is 1. The summed E-state index contributed by atoms with van der Waals surface area (Å²) in [6, 6.07) is 14.7.